The highest BCUT2D eigenvalue weighted by molar-refractivity contribution is 14.1. The van der Waals surface area contributed by atoms with Crippen LogP contribution in [0.4, 0.5) is 0 Å². The fourth-order valence-corrected chi connectivity index (χ4v) is 2.11. The molecule has 1 heterocycles. The van der Waals surface area contributed by atoms with E-state index in [1.165, 1.54) is 9.26 Å². The Bertz CT molecular complexity index is 460. The summed E-state index contributed by atoms with van der Waals surface area (Å²) in [5.74, 6) is 0. The van der Waals surface area contributed by atoms with Crippen LogP contribution in [-0.4, -0.2) is 9.78 Å². The molecule has 0 saturated carbocycles. The van der Waals surface area contributed by atoms with Gasteiger partial charge in [-0.3, -0.25) is 0 Å². The van der Waals surface area contributed by atoms with Crippen LogP contribution < -0.4 is 0 Å². The van der Waals surface area contributed by atoms with E-state index in [1.54, 1.807) is 0 Å². The first-order valence-electron chi connectivity index (χ1n) is 4.46. The number of rotatable bonds is 1. The molecule has 72 valence electrons. The molecule has 0 atom stereocenters. The Hall–Kier alpha value is -0.840. The number of hydrogen-bond donors (Lipinski definition) is 0. The van der Waals surface area contributed by atoms with Gasteiger partial charge in [0.15, 0.2) is 0 Å². The molecule has 0 aliphatic rings. The van der Waals surface area contributed by atoms with Crippen molar-refractivity contribution >= 4 is 22.6 Å². The molecule has 0 spiro atoms. The first-order valence-corrected chi connectivity index (χ1v) is 5.54. The molecule has 0 amide bonds. The van der Waals surface area contributed by atoms with Gasteiger partial charge in [-0.2, -0.15) is 5.10 Å². The third kappa shape index (κ3) is 1.68. The van der Waals surface area contributed by atoms with Crippen LogP contribution in [0, 0.1) is 17.4 Å². The standard InChI is InChI=1S/C11H11IN2/c1-8-7-9(2)14(13-8)11-6-4-3-5-10(11)12/h3-7H,1-2H3. The SMILES string of the molecule is Cc1cc(C)n(-c2ccccc2I)n1. The fourth-order valence-electron chi connectivity index (χ4n) is 1.50. The highest BCUT2D eigenvalue weighted by Gasteiger charge is 2.05. The van der Waals surface area contributed by atoms with Gasteiger partial charge in [-0.15, -0.1) is 0 Å². The number of aryl methyl sites for hydroxylation is 2. The van der Waals surface area contributed by atoms with Gasteiger partial charge in [-0.05, 0) is 54.6 Å². The van der Waals surface area contributed by atoms with Gasteiger partial charge in [0.1, 0.15) is 0 Å². The van der Waals surface area contributed by atoms with Gasteiger partial charge in [0.05, 0.1) is 11.4 Å². The normalized spacial score (nSPS) is 10.5. The third-order valence-corrected chi connectivity index (χ3v) is 3.00. The van der Waals surface area contributed by atoms with Gasteiger partial charge in [0.2, 0.25) is 0 Å². The lowest BCUT2D eigenvalue weighted by molar-refractivity contribution is 0.829. The van der Waals surface area contributed by atoms with Crippen LogP contribution in [0.2, 0.25) is 0 Å². The molecule has 0 N–H and O–H groups in total. The number of hydrogen-bond acceptors (Lipinski definition) is 1. The molecule has 2 rings (SSSR count). The Balaban J connectivity index is 2.60. The Morgan fingerprint density at radius 3 is 2.50 bits per heavy atom. The second-order valence-electron chi connectivity index (χ2n) is 3.29. The summed E-state index contributed by atoms with van der Waals surface area (Å²) in [4.78, 5) is 0. The van der Waals surface area contributed by atoms with Crippen molar-refractivity contribution < 1.29 is 0 Å². The molecule has 0 saturated heterocycles. The lowest BCUT2D eigenvalue weighted by Gasteiger charge is -2.05. The summed E-state index contributed by atoms with van der Waals surface area (Å²) in [6.07, 6.45) is 0. The van der Waals surface area contributed by atoms with E-state index in [4.69, 9.17) is 0 Å². The lowest BCUT2D eigenvalue weighted by atomic mass is 10.3. The summed E-state index contributed by atoms with van der Waals surface area (Å²) in [6, 6.07) is 10.3. The molecular weight excluding hydrogens is 287 g/mol. The van der Waals surface area contributed by atoms with E-state index in [0.717, 1.165) is 11.4 Å². The van der Waals surface area contributed by atoms with Crippen molar-refractivity contribution in [3.05, 3.63) is 45.3 Å². The largest absolute Gasteiger partial charge is 0.237 e. The minimum Gasteiger partial charge on any atom is -0.237 e. The summed E-state index contributed by atoms with van der Waals surface area (Å²) in [6.45, 7) is 4.09. The van der Waals surface area contributed by atoms with E-state index < -0.39 is 0 Å². The predicted octanol–water partition coefficient (Wildman–Crippen LogP) is 3.09. The first-order chi connectivity index (χ1) is 6.68. The summed E-state index contributed by atoms with van der Waals surface area (Å²) < 4.78 is 3.20. The van der Waals surface area contributed by atoms with Gasteiger partial charge < -0.3 is 0 Å². The maximum absolute atomic E-state index is 4.45. The molecule has 14 heavy (non-hydrogen) atoms. The Morgan fingerprint density at radius 2 is 1.93 bits per heavy atom. The number of halogens is 1. The Labute approximate surface area is 97.1 Å². The maximum atomic E-state index is 4.45. The molecule has 1 aromatic heterocycles. The van der Waals surface area contributed by atoms with Gasteiger partial charge in [-0.1, -0.05) is 12.1 Å². The molecule has 3 heteroatoms. The van der Waals surface area contributed by atoms with Crippen molar-refractivity contribution in [1.82, 2.24) is 9.78 Å². The number of nitrogens with zero attached hydrogens (tertiary/aromatic N) is 2. The molecule has 0 aliphatic heterocycles. The monoisotopic (exact) mass is 298 g/mol. The average Bonchev–Trinajstić information content (AvgIpc) is 2.46. The van der Waals surface area contributed by atoms with Crippen LogP contribution >= 0.6 is 22.6 Å². The van der Waals surface area contributed by atoms with Crippen molar-refractivity contribution in [1.29, 1.82) is 0 Å². The van der Waals surface area contributed by atoms with Gasteiger partial charge in [-0.25, -0.2) is 4.68 Å². The minimum absolute atomic E-state index is 1.06. The highest BCUT2D eigenvalue weighted by atomic mass is 127. The van der Waals surface area contributed by atoms with Gasteiger partial charge >= 0.3 is 0 Å². The van der Waals surface area contributed by atoms with Crippen LogP contribution in [0.15, 0.2) is 30.3 Å². The van der Waals surface area contributed by atoms with Crippen molar-refractivity contribution in [2.75, 3.05) is 0 Å². The minimum atomic E-state index is 1.06. The molecule has 1 aromatic carbocycles. The molecule has 0 fully saturated rings. The number of benzene rings is 1. The molecular formula is C11H11IN2. The van der Waals surface area contributed by atoms with Crippen LogP contribution in [0.5, 0.6) is 0 Å². The van der Waals surface area contributed by atoms with Crippen molar-refractivity contribution in [2.24, 2.45) is 0 Å². The summed E-state index contributed by atoms with van der Waals surface area (Å²) >= 11 is 2.33. The molecule has 2 nitrogen and oxygen atoms in total. The molecule has 0 unspecified atom stereocenters. The smallest absolute Gasteiger partial charge is 0.0782 e. The van der Waals surface area contributed by atoms with Crippen LogP contribution in [0.3, 0.4) is 0 Å². The van der Waals surface area contributed by atoms with Gasteiger partial charge in [0, 0.05) is 9.26 Å². The molecule has 2 aromatic rings. The van der Waals surface area contributed by atoms with E-state index >= 15 is 0 Å². The average molecular weight is 298 g/mol. The summed E-state index contributed by atoms with van der Waals surface area (Å²) in [7, 11) is 0. The molecule has 0 bridgehead atoms. The van der Waals surface area contributed by atoms with E-state index in [-0.39, 0.29) is 0 Å². The fraction of sp³-hybridized carbons (Fsp3) is 0.182. The van der Waals surface area contributed by atoms with E-state index in [1.807, 2.05) is 23.7 Å². The summed E-state index contributed by atoms with van der Waals surface area (Å²) in [5, 5.41) is 4.45. The maximum Gasteiger partial charge on any atom is 0.0782 e. The van der Waals surface area contributed by atoms with Crippen molar-refractivity contribution in [2.45, 2.75) is 13.8 Å². The quantitative estimate of drug-likeness (QED) is 0.740. The molecule has 0 radical (unpaired) electrons. The second kappa shape index (κ2) is 3.73. The number of aromatic nitrogens is 2. The van der Waals surface area contributed by atoms with Crippen LogP contribution in [0.1, 0.15) is 11.4 Å². The zero-order valence-corrected chi connectivity index (χ0v) is 10.3. The summed E-state index contributed by atoms with van der Waals surface area (Å²) in [5.41, 5.74) is 3.38. The Morgan fingerprint density at radius 1 is 1.21 bits per heavy atom. The third-order valence-electron chi connectivity index (χ3n) is 2.09. The lowest BCUT2D eigenvalue weighted by Crippen LogP contribution is -2.00. The molecule has 0 aliphatic carbocycles. The Kier molecular flexibility index (Phi) is 2.58. The zero-order chi connectivity index (χ0) is 10.1. The van der Waals surface area contributed by atoms with E-state index in [0.29, 0.717) is 0 Å². The predicted molar refractivity (Wildman–Crippen MR) is 65.8 cm³/mol. The van der Waals surface area contributed by atoms with E-state index in [9.17, 15) is 0 Å². The number of para-hydroxylation sites is 1. The van der Waals surface area contributed by atoms with Crippen LogP contribution in [0.25, 0.3) is 5.69 Å². The van der Waals surface area contributed by atoms with Crippen LogP contribution in [-0.2, 0) is 0 Å². The first kappa shape index (κ1) is 9.71. The van der Waals surface area contributed by atoms with Gasteiger partial charge in [0.25, 0.3) is 0 Å². The highest BCUT2D eigenvalue weighted by Crippen LogP contribution is 2.18. The van der Waals surface area contributed by atoms with Crippen molar-refractivity contribution in [3.63, 3.8) is 0 Å². The van der Waals surface area contributed by atoms with Crippen molar-refractivity contribution in [3.8, 4) is 5.69 Å². The second-order valence-corrected chi connectivity index (χ2v) is 4.45. The zero-order valence-electron chi connectivity index (χ0n) is 8.16. The van der Waals surface area contributed by atoms with E-state index in [2.05, 4.69) is 52.8 Å². The topological polar surface area (TPSA) is 17.8 Å².